The normalized spacial score (nSPS) is 16.9. The van der Waals surface area contributed by atoms with Gasteiger partial charge in [-0.3, -0.25) is 4.90 Å². The largest absolute Gasteiger partial charge is 0.423 e. The second kappa shape index (κ2) is 10.6. The maximum atomic E-state index is 12.2. The van der Waals surface area contributed by atoms with Gasteiger partial charge in [0.25, 0.3) is 0 Å². The number of likely N-dealkylation sites (tertiary alicyclic amines) is 1. The van der Waals surface area contributed by atoms with E-state index in [1.807, 2.05) is 37.3 Å². The summed E-state index contributed by atoms with van der Waals surface area (Å²) in [6, 6.07) is 27.1. The lowest BCUT2D eigenvalue weighted by Crippen LogP contribution is -2.44. The maximum Gasteiger partial charge on any atom is 0.343 e. The van der Waals surface area contributed by atoms with Gasteiger partial charge in [0.1, 0.15) is 12.0 Å². The number of nitrogens with zero attached hydrogens (tertiary/aromatic N) is 1. The molecule has 2 unspecified atom stereocenters. The Labute approximate surface area is 190 Å². The van der Waals surface area contributed by atoms with Crippen molar-refractivity contribution < 1.29 is 14.6 Å². The summed E-state index contributed by atoms with van der Waals surface area (Å²) in [5, 5.41) is 11.0. The third kappa shape index (κ3) is 5.64. The molecular formula is C28H31NO3. The first kappa shape index (κ1) is 22.3. The van der Waals surface area contributed by atoms with Gasteiger partial charge in [-0.1, -0.05) is 67.6 Å². The van der Waals surface area contributed by atoms with Crippen LogP contribution in [-0.4, -0.2) is 35.3 Å². The fourth-order valence-corrected chi connectivity index (χ4v) is 4.44. The van der Waals surface area contributed by atoms with Gasteiger partial charge in [0.15, 0.2) is 0 Å². The summed E-state index contributed by atoms with van der Waals surface area (Å²) >= 11 is 0. The summed E-state index contributed by atoms with van der Waals surface area (Å²) in [5.74, 6) is 0.783. The van der Waals surface area contributed by atoms with E-state index in [9.17, 15) is 9.90 Å². The van der Waals surface area contributed by atoms with Gasteiger partial charge < -0.3 is 9.84 Å². The number of hydrogen-bond donors (Lipinski definition) is 1. The van der Waals surface area contributed by atoms with E-state index in [1.54, 1.807) is 24.3 Å². The Morgan fingerprint density at radius 1 is 0.938 bits per heavy atom. The average Bonchev–Trinajstić information content (AvgIpc) is 2.85. The van der Waals surface area contributed by atoms with Crippen LogP contribution in [0.4, 0.5) is 0 Å². The van der Waals surface area contributed by atoms with Crippen LogP contribution in [0, 0.1) is 5.92 Å². The van der Waals surface area contributed by atoms with E-state index in [2.05, 4.69) is 35.2 Å². The van der Waals surface area contributed by atoms with Crippen LogP contribution in [0.1, 0.15) is 47.2 Å². The second-order valence-corrected chi connectivity index (χ2v) is 8.70. The van der Waals surface area contributed by atoms with Gasteiger partial charge in [-0.15, -0.1) is 0 Å². The number of carbonyl (C=O) groups is 1. The summed E-state index contributed by atoms with van der Waals surface area (Å²) in [7, 11) is 0. The molecule has 0 aliphatic carbocycles. The number of rotatable bonds is 7. The summed E-state index contributed by atoms with van der Waals surface area (Å²) in [4.78, 5) is 14.4. The number of aliphatic hydroxyl groups is 1. The van der Waals surface area contributed by atoms with Crippen molar-refractivity contribution in [2.45, 2.75) is 38.3 Å². The molecule has 0 amide bonds. The molecule has 0 radical (unpaired) electrons. The molecule has 2 atom stereocenters. The SMILES string of the molecule is CC(c1ccc(OC(=O)c2ccccc2)cc1)C(O)N1CCC(Cc2ccccc2)CC1. The van der Waals surface area contributed by atoms with Crippen molar-refractivity contribution in [1.82, 2.24) is 4.90 Å². The van der Waals surface area contributed by atoms with Crippen molar-refractivity contribution in [2.24, 2.45) is 5.92 Å². The van der Waals surface area contributed by atoms with Crippen molar-refractivity contribution in [3.05, 3.63) is 102 Å². The fourth-order valence-electron chi connectivity index (χ4n) is 4.44. The Hall–Kier alpha value is -2.95. The molecule has 1 aliphatic heterocycles. The van der Waals surface area contributed by atoms with E-state index in [4.69, 9.17) is 4.74 Å². The summed E-state index contributed by atoms with van der Waals surface area (Å²) < 4.78 is 5.46. The molecule has 1 N–H and O–H groups in total. The highest BCUT2D eigenvalue weighted by atomic mass is 16.5. The Bertz CT molecular complexity index is 980. The smallest absolute Gasteiger partial charge is 0.343 e. The van der Waals surface area contributed by atoms with E-state index in [1.165, 1.54) is 5.56 Å². The molecule has 4 rings (SSSR count). The monoisotopic (exact) mass is 429 g/mol. The fraction of sp³-hybridized carbons (Fsp3) is 0.321. The topological polar surface area (TPSA) is 49.8 Å². The first-order valence-corrected chi connectivity index (χ1v) is 11.4. The van der Waals surface area contributed by atoms with Gasteiger partial charge in [0, 0.05) is 19.0 Å². The highest BCUT2D eigenvalue weighted by molar-refractivity contribution is 5.90. The number of piperidine rings is 1. The van der Waals surface area contributed by atoms with E-state index < -0.39 is 6.23 Å². The number of aliphatic hydroxyl groups excluding tert-OH is 1. The van der Waals surface area contributed by atoms with Gasteiger partial charge in [-0.05, 0) is 60.6 Å². The van der Waals surface area contributed by atoms with Crippen LogP contribution in [-0.2, 0) is 6.42 Å². The number of ether oxygens (including phenoxy) is 1. The first-order chi connectivity index (χ1) is 15.6. The van der Waals surface area contributed by atoms with Crippen LogP contribution in [0.2, 0.25) is 0 Å². The number of benzene rings is 3. The van der Waals surface area contributed by atoms with Crippen LogP contribution in [0.15, 0.2) is 84.9 Å². The molecule has 0 spiro atoms. The van der Waals surface area contributed by atoms with Gasteiger partial charge in [0.05, 0.1) is 5.56 Å². The number of carbonyl (C=O) groups excluding carboxylic acids is 1. The molecule has 4 heteroatoms. The Morgan fingerprint density at radius 2 is 1.53 bits per heavy atom. The van der Waals surface area contributed by atoms with Crippen LogP contribution < -0.4 is 4.74 Å². The predicted molar refractivity (Wildman–Crippen MR) is 127 cm³/mol. The standard InChI is InChI=1S/C28H31NO3/c1-21(24-12-14-26(15-13-24)32-28(31)25-10-6-3-7-11-25)27(30)29-18-16-23(17-19-29)20-22-8-4-2-5-9-22/h2-15,21,23,27,30H,16-20H2,1H3. The molecule has 0 saturated carbocycles. The zero-order valence-electron chi connectivity index (χ0n) is 18.6. The second-order valence-electron chi connectivity index (χ2n) is 8.70. The van der Waals surface area contributed by atoms with Crippen molar-refractivity contribution in [3.8, 4) is 5.75 Å². The van der Waals surface area contributed by atoms with Gasteiger partial charge >= 0.3 is 5.97 Å². The van der Waals surface area contributed by atoms with Crippen molar-refractivity contribution in [3.63, 3.8) is 0 Å². The molecule has 1 aliphatic rings. The van der Waals surface area contributed by atoms with Crippen LogP contribution in [0.25, 0.3) is 0 Å². The molecule has 3 aromatic carbocycles. The predicted octanol–water partition coefficient (Wildman–Crippen LogP) is 5.28. The molecule has 3 aromatic rings. The third-order valence-corrected chi connectivity index (χ3v) is 6.46. The lowest BCUT2D eigenvalue weighted by atomic mass is 9.89. The van der Waals surface area contributed by atoms with Gasteiger partial charge in [0.2, 0.25) is 0 Å². The number of hydrogen-bond acceptors (Lipinski definition) is 4. The maximum absolute atomic E-state index is 12.2. The summed E-state index contributed by atoms with van der Waals surface area (Å²) in [6.07, 6.45) is 2.80. The van der Waals surface area contributed by atoms with Gasteiger partial charge in [-0.2, -0.15) is 0 Å². The van der Waals surface area contributed by atoms with Crippen molar-refractivity contribution in [1.29, 1.82) is 0 Å². The third-order valence-electron chi connectivity index (χ3n) is 6.46. The Morgan fingerprint density at radius 3 is 2.16 bits per heavy atom. The van der Waals surface area contributed by atoms with Crippen LogP contribution in [0.3, 0.4) is 0 Å². The van der Waals surface area contributed by atoms with Crippen molar-refractivity contribution >= 4 is 5.97 Å². The molecule has 4 nitrogen and oxygen atoms in total. The molecule has 166 valence electrons. The molecule has 32 heavy (non-hydrogen) atoms. The summed E-state index contributed by atoms with van der Waals surface area (Å²) in [5.41, 5.74) is 2.95. The van der Waals surface area contributed by atoms with Crippen molar-refractivity contribution in [2.75, 3.05) is 13.1 Å². The van der Waals surface area contributed by atoms with Crippen LogP contribution in [0.5, 0.6) is 5.75 Å². The molecule has 0 bridgehead atoms. The lowest BCUT2D eigenvalue weighted by molar-refractivity contribution is -0.0313. The molecule has 0 aromatic heterocycles. The highest BCUT2D eigenvalue weighted by Crippen LogP contribution is 2.28. The van der Waals surface area contributed by atoms with E-state index >= 15 is 0 Å². The average molecular weight is 430 g/mol. The molecule has 1 heterocycles. The quantitative estimate of drug-likeness (QED) is 0.410. The molecule has 1 fully saturated rings. The minimum absolute atomic E-state index is 0.0282. The Kier molecular flexibility index (Phi) is 7.35. The highest BCUT2D eigenvalue weighted by Gasteiger charge is 2.28. The number of esters is 1. The zero-order valence-corrected chi connectivity index (χ0v) is 18.6. The lowest BCUT2D eigenvalue weighted by Gasteiger charge is -2.37. The minimum atomic E-state index is -0.523. The van der Waals surface area contributed by atoms with E-state index in [0.29, 0.717) is 17.2 Å². The van der Waals surface area contributed by atoms with Gasteiger partial charge in [-0.25, -0.2) is 4.79 Å². The minimum Gasteiger partial charge on any atom is -0.423 e. The van der Waals surface area contributed by atoms with E-state index in [0.717, 1.165) is 37.9 Å². The van der Waals surface area contributed by atoms with Crippen LogP contribution >= 0.6 is 0 Å². The van der Waals surface area contributed by atoms with E-state index in [-0.39, 0.29) is 11.9 Å². The molecule has 1 saturated heterocycles. The summed E-state index contributed by atoms with van der Waals surface area (Å²) in [6.45, 7) is 3.87. The Balaban J connectivity index is 1.29. The molecular weight excluding hydrogens is 398 g/mol. The first-order valence-electron chi connectivity index (χ1n) is 11.4. The zero-order chi connectivity index (χ0) is 22.3.